The summed E-state index contributed by atoms with van der Waals surface area (Å²) in [4.78, 5) is 12.6. The van der Waals surface area contributed by atoms with Gasteiger partial charge in [0, 0.05) is 0 Å². The minimum Gasteiger partial charge on any atom is -0.387 e. The number of aliphatic hydroxyl groups excluding tert-OH is 2. The summed E-state index contributed by atoms with van der Waals surface area (Å²) in [6.07, 6.45) is 39.8. The zero-order valence-electron chi connectivity index (χ0n) is 32.2. The molecule has 0 aliphatic heterocycles. The van der Waals surface area contributed by atoms with Crippen molar-refractivity contribution in [2.75, 3.05) is 5.75 Å². The molecule has 0 fully saturated rings. The number of aliphatic hydroxyl groups is 2. The van der Waals surface area contributed by atoms with Gasteiger partial charge in [0.15, 0.2) is 0 Å². The van der Waals surface area contributed by atoms with E-state index in [1.807, 2.05) is 0 Å². The zero-order chi connectivity index (χ0) is 36.3. The first kappa shape index (κ1) is 48.0. The molecule has 3 atom stereocenters. The number of hydrogen-bond donors (Lipinski definition) is 4. The molecule has 0 aliphatic rings. The molecule has 0 saturated heterocycles. The molecule has 0 saturated carbocycles. The number of nitrogens with one attached hydrogen (secondary N) is 1. The summed E-state index contributed by atoms with van der Waals surface area (Å²) in [7, 11) is -4.44. The van der Waals surface area contributed by atoms with Crippen LogP contribution >= 0.6 is 0 Å². The SMILES string of the molecule is CCCCCCCCCCCCCCC/C=C/C(O)C(CS(=O)(=O)O)NC(=O)C(O)CCCCCCCCCCCCCCCCCCC. The van der Waals surface area contributed by atoms with Crippen LogP contribution < -0.4 is 5.32 Å². The van der Waals surface area contributed by atoms with Crippen LogP contribution in [0.3, 0.4) is 0 Å². The molecule has 0 aliphatic carbocycles. The maximum atomic E-state index is 12.6. The Bertz CT molecular complexity index is 849. The van der Waals surface area contributed by atoms with Gasteiger partial charge < -0.3 is 15.5 Å². The second-order valence-corrected chi connectivity index (χ2v) is 16.3. The smallest absolute Gasteiger partial charge is 0.267 e. The van der Waals surface area contributed by atoms with E-state index in [1.54, 1.807) is 6.08 Å². The predicted molar refractivity (Wildman–Crippen MR) is 209 cm³/mol. The van der Waals surface area contributed by atoms with Crippen molar-refractivity contribution < 1.29 is 28.0 Å². The van der Waals surface area contributed by atoms with E-state index in [0.29, 0.717) is 6.42 Å². The zero-order valence-corrected chi connectivity index (χ0v) is 33.0. The minimum atomic E-state index is -4.44. The van der Waals surface area contributed by atoms with Gasteiger partial charge in [0.25, 0.3) is 10.1 Å². The summed E-state index contributed by atoms with van der Waals surface area (Å²) in [5.41, 5.74) is 0. The minimum absolute atomic E-state index is 0.286. The van der Waals surface area contributed by atoms with E-state index in [4.69, 9.17) is 0 Å². The van der Waals surface area contributed by atoms with E-state index >= 15 is 0 Å². The Balaban J connectivity index is 4.00. The normalized spacial score (nSPS) is 14.0. The molecule has 3 unspecified atom stereocenters. The lowest BCUT2D eigenvalue weighted by Crippen LogP contribution is -2.50. The number of carbonyl (C=O) groups excluding carboxylic acids is 1. The number of hydrogen-bond acceptors (Lipinski definition) is 5. The Morgan fingerprint density at radius 2 is 0.878 bits per heavy atom. The Kier molecular flexibility index (Phi) is 34.7. The van der Waals surface area contributed by atoms with Crippen molar-refractivity contribution in [2.24, 2.45) is 0 Å². The topological polar surface area (TPSA) is 124 Å². The monoisotopic (exact) mass is 716 g/mol. The molecule has 4 N–H and O–H groups in total. The van der Waals surface area contributed by atoms with Crippen molar-refractivity contribution in [1.29, 1.82) is 0 Å². The van der Waals surface area contributed by atoms with Crippen molar-refractivity contribution in [3.05, 3.63) is 12.2 Å². The lowest BCUT2D eigenvalue weighted by Gasteiger charge is -2.22. The molecular weight excluding hydrogens is 635 g/mol. The van der Waals surface area contributed by atoms with Gasteiger partial charge in [-0.3, -0.25) is 9.35 Å². The second kappa shape index (κ2) is 35.4. The van der Waals surface area contributed by atoms with Gasteiger partial charge in [-0.2, -0.15) is 8.42 Å². The van der Waals surface area contributed by atoms with Crippen molar-refractivity contribution >= 4 is 16.0 Å². The molecule has 0 rings (SSSR count). The van der Waals surface area contributed by atoms with Crippen molar-refractivity contribution in [3.63, 3.8) is 0 Å². The first-order valence-corrected chi connectivity index (χ1v) is 22.6. The van der Waals surface area contributed by atoms with Crippen molar-refractivity contribution in [3.8, 4) is 0 Å². The molecule has 0 aromatic rings. The van der Waals surface area contributed by atoms with Gasteiger partial charge in [0.1, 0.15) is 6.10 Å². The Morgan fingerprint density at radius 3 is 1.22 bits per heavy atom. The Hall–Kier alpha value is -0.960. The molecule has 0 aromatic carbocycles. The molecule has 49 heavy (non-hydrogen) atoms. The summed E-state index contributed by atoms with van der Waals surface area (Å²) < 4.78 is 32.5. The lowest BCUT2D eigenvalue weighted by atomic mass is 10.0. The number of allylic oxidation sites excluding steroid dienone is 1. The predicted octanol–water partition coefficient (Wildman–Crippen LogP) is 11.2. The van der Waals surface area contributed by atoms with Crippen LogP contribution in [0.25, 0.3) is 0 Å². The fourth-order valence-electron chi connectivity index (χ4n) is 6.57. The van der Waals surface area contributed by atoms with E-state index in [0.717, 1.165) is 38.5 Å². The van der Waals surface area contributed by atoms with Gasteiger partial charge in [0.2, 0.25) is 5.91 Å². The summed E-state index contributed by atoms with van der Waals surface area (Å²) in [6, 6.07) is -1.23. The van der Waals surface area contributed by atoms with E-state index in [1.165, 1.54) is 160 Å². The van der Waals surface area contributed by atoms with Crippen molar-refractivity contribution in [1.82, 2.24) is 5.32 Å². The van der Waals surface area contributed by atoms with Crippen LogP contribution in [-0.2, 0) is 14.9 Å². The number of unbranched alkanes of at least 4 members (excludes halogenated alkanes) is 29. The van der Waals surface area contributed by atoms with E-state index in [-0.39, 0.29) is 6.42 Å². The summed E-state index contributed by atoms with van der Waals surface area (Å²) in [6.45, 7) is 4.51. The highest BCUT2D eigenvalue weighted by Crippen LogP contribution is 2.16. The van der Waals surface area contributed by atoms with Crippen LogP contribution in [-0.4, -0.2) is 53.1 Å². The molecule has 292 valence electrons. The van der Waals surface area contributed by atoms with E-state index in [9.17, 15) is 28.0 Å². The highest BCUT2D eigenvalue weighted by Gasteiger charge is 2.27. The van der Waals surface area contributed by atoms with Crippen LogP contribution in [0.1, 0.15) is 219 Å². The number of amides is 1. The average Bonchev–Trinajstić information content (AvgIpc) is 3.06. The molecule has 7 nitrogen and oxygen atoms in total. The van der Waals surface area contributed by atoms with Crippen LogP contribution in [0.5, 0.6) is 0 Å². The Labute approximate surface area is 304 Å². The van der Waals surface area contributed by atoms with E-state index in [2.05, 4.69) is 19.2 Å². The van der Waals surface area contributed by atoms with Crippen molar-refractivity contribution in [2.45, 2.75) is 238 Å². The van der Waals surface area contributed by atoms with Crippen LogP contribution in [0.15, 0.2) is 12.2 Å². The molecular formula is C41H81NO6S. The Morgan fingerprint density at radius 1 is 0.551 bits per heavy atom. The fraction of sp³-hybridized carbons (Fsp3) is 0.927. The van der Waals surface area contributed by atoms with Crippen LogP contribution in [0.2, 0.25) is 0 Å². The molecule has 0 spiro atoms. The average molecular weight is 716 g/mol. The van der Waals surface area contributed by atoms with Gasteiger partial charge in [-0.1, -0.05) is 212 Å². The summed E-state index contributed by atoms with van der Waals surface area (Å²) >= 11 is 0. The van der Waals surface area contributed by atoms with Gasteiger partial charge in [-0.05, 0) is 19.3 Å². The first-order valence-electron chi connectivity index (χ1n) is 21.0. The van der Waals surface area contributed by atoms with Gasteiger partial charge in [0.05, 0.1) is 17.9 Å². The molecule has 8 heteroatoms. The quantitative estimate of drug-likeness (QED) is 0.0286. The van der Waals surface area contributed by atoms with Gasteiger partial charge >= 0.3 is 0 Å². The van der Waals surface area contributed by atoms with Crippen LogP contribution in [0, 0.1) is 0 Å². The highest BCUT2D eigenvalue weighted by atomic mass is 32.2. The summed E-state index contributed by atoms with van der Waals surface area (Å²) in [5.74, 6) is -1.52. The largest absolute Gasteiger partial charge is 0.387 e. The molecule has 0 aromatic heterocycles. The number of rotatable bonds is 38. The second-order valence-electron chi connectivity index (χ2n) is 14.8. The van der Waals surface area contributed by atoms with Gasteiger partial charge in [-0.25, -0.2) is 0 Å². The molecule has 1 amide bonds. The van der Waals surface area contributed by atoms with Gasteiger partial charge in [-0.15, -0.1) is 0 Å². The standard InChI is InChI=1S/C41H81NO6S/c1-3-5-7-9-11-13-15-17-19-20-22-24-26-28-30-32-34-36-40(44)41(45)42-38(37-49(46,47)48)39(43)35-33-31-29-27-25-23-21-18-16-14-12-10-8-6-4-2/h33,35,38-40,43-44H,3-32,34,36-37H2,1-2H3,(H,42,45)(H,46,47,48)/b35-33+. The lowest BCUT2D eigenvalue weighted by molar-refractivity contribution is -0.130. The summed E-state index contributed by atoms with van der Waals surface area (Å²) in [5, 5.41) is 23.4. The fourth-order valence-corrected chi connectivity index (χ4v) is 7.31. The molecule has 0 heterocycles. The molecule has 0 bridgehead atoms. The highest BCUT2D eigenvalue weighted by molar-refractivity contribution is 7.85. The first-order chi connectivity index (χ1) is 23.7. The number of carbonyl (C=O) groups is 1. The third-order valence-corrected chi connectivity index (χ3v) is 10.6. The maximum absolute atomic E-state index is 12.6. The van der Waals surface area contributed by atoms with Crippen LogP contribution in [0.4, 0.5) is 0 Å². The molecule has 0 radical (unpaired) electrons. The maximum Gasteiger partial charge on any atom is 0.267 e. The third kappa shape index (κ3) is 35.2. The van der Waals surface area contributed by atoms with E-state index < -0.39 is 40.0 Å². The third-order valence-electron chi connectivity index (χ3n) is 9.82.